The Hall–Kier alpha value is -3.60. The molecule has 1 aliphatic rings. The van der Waals surface area contributed by atoms with Gasteiger partial charge in [-0.1, -0.05) is 29.8 Å². The van der Waals surface area contributed by atoms with E-state index in [4.69, 9.17) is 9.47 Å². The van der Waals surface area contributed by atoms with Gasteiger partial charge in [0, 0.05) is 12.6 Å². The molecule has 0 aromatic heterocycles. The standard InChI is InChI=1S/C28H32N2O7S/c1-3-36-28(33)18-37-24-10-13-26-21(15-24)14-22(29-16-27(32)20-6-8-23(31)9-7-20)17-30(26)38(34,35)25-11-4-19(2)5-12-25/h4-13,15,22,27,29,31-32H,3,14,16-18H2,1-2H3/t22?,27-/m0/s1. The Labute approximate surface area is 222 Å². The number of phenols is 1. The molecule has 0 aliphatic carbocycles. The van der Waals surface area contributed by atoms with E-state index in [9.17, 15) is 23.4 Å². The minimum atomic E-state index is -3.88. The second-order valence-electron chi connectivity index (χ2n) is 9.15. The molecule has 3 aromatic carbocycles. The van der Waals surface area contributed by atoms with E-state index < -0.39 is 22.1 Å². The Morgan fingerprint density at radius 3 is 2.50 bits per heavy atom. The Kier molecular flexibility index (Phi) is 8.55. The highest BCUT2D eigenvalue weighted by molar-refractivity contribution is 7.92. The third kappa shape index (κ3) is 6.45. The van der Waals surface area contributed by atoms with Crippen LogP contribution in [-0.2, 0) is 26.0 Å². The average molecular weight is 541 g/mol. The Morgan fingerprint density at radius 1 is 1.11 bits per heavy atom. The van der Waals surface area contributed by atoms with E-state index in [1.54, 1.807) is 61.5 Å². The van der Waals surface area contributed by atoms with Crippen LogP contribution in [0.5, 0.6) is 11.5 Å². The molecule has 1 heterocycles. The highest BCUT2D eigenvalue weighted by Gasteiger charge is 2.34. The number of aliphatic hydroxyl groups is 1. The van der Waals surface area contributed by atoms with Gasteiger partial charge in [0.05, 0.1) is 29.8 Å². The first kappa shape index (κ1) is 27.4. The number of anilines is 1. The zero-order chi connectivity index (χ0) is 27.3. The summed E-state index contributed by atoms with van der Waals surface area (Å²) in [6.45, 7) is 3.95. The molecule has 0 spiro atoms. The summed E-state index contributed by atoms with van der Waals surface area (Å²) >= 11 is 0. The predicted octanol–water partition coefficient (Wildman–Crippen LogP) is 3.09. The second kappa shape index (κ2) is 11.8. The van der Waals surface area contributed by atoms with Crippen molar-refractivity contribution in [2.24, 2.45) is 0 Å². The van der Waals surface area contributed by atoms with Gasteiger partial charge in [0.15, 0.2) is 6.61 Å². The van der Waals surface area contributed by atoms with E-state index in [1.165, 1.54) is 16.4 Å². The number of carbonyl (C=O) groups excluding carboxylic acids is 1. The molecular weight excluding hydrogens is 508 g/mol. The van der Waals surface area contributed by atoms with Crippen molar-refractivity contribution in [1.82, 2.24) is 5.32 Å². The fourth-order valence-electron chi connectivity index (χ4n) is 4.33. The molecule has 1 unspecified atom stereocenters. The minimum absolute atomic E-state index is 0.107. The van der Waals surface area contributed by atoms with Crippen LogP contribution in [0.15, 0.2) is 71.6 Å². The number of benzene rings is 3. The van der Waals surface area contributed by atoms with Crippen molar-refractivity contribution in [3.63, 3.8) is 0 Å². The van der Waals surface area contributed by atoms with Gasteiger partial charge in [-0.15, -0.1) is 0 Å². The Morgan fingerprint density at radius 2 is 1.82 bits per heavy atom. The Balaban J connectivity index is 1.59. The van der Waals surface area contributed by atoms with E-state index in [-0.39, 0.29) is 43.0 Å². The Bertz CT molecular complexity index is 1360. The number of hydrogen-bond acceptors (Lipinski definition) is 8. The van der Waals surface area contributed by atoms with Crippen LogP contribution < -0.4 is 14.4 Å². The lowest BCUT2D eigenvalue weighted by Gasteiger charge is -2.36. The van der Waals surface area contributed by atoms with E-state index >= 15 is 0 Å². The number of esters is 1. The number of nitrogens with one attached hydrogen (secondary N) is 1. The normalized spacial score (nSPS) is 16.0. The first-order chi connectivity index (χ1) is 18.2. The topological polar surface area (TPSA) is 125 Å². The highest BCUT2D eigenvalue weighted by Crippen LogP contribution is 2.35. The monoisotopic (exact) mass is 540 g/mol. The van der Waals surface area contributed by atoms with Crippen LogP contribution in [0, 0.1) is 6.92 Å². The van der Waals surface area contributed by atoms with E-state index in [2.05, 4.69) is 5.32 Å². The largest absolute Gasteiger partial charge is 0.508 e. The molecule has 0 saturated carbocycles. The van der Waals surface area contributed by atoms with Crippen LogP contribution in [0.1, 0.15) is 29.7 Å². The van der Waals surface area contributed by atoms with Gasteiger partial charge in [0.1, 0.15) is 11.5 Å². The number of rotatable bonds is 10. The average Bonchev–Trinajstić information content (AvgIpc) is 2.90. The summed E-state index contributed by atoms with van der Waals surface area (Å²) in [5, 5.41) is 23.4. The van der Waals surface area contributed by atoms with Gasteiger partial charge in [-0.2, -0.15) is 0 Å². The number of fused-ring (bicyclic) bond motifs is 1. The molecule has 3 aromatic rings. The lowest BCUT2D eigenvalue weighted by Crippen LogP contribution is -2.49. The predicted molar refractivity (Wildman–Crippen MR) is 143 cm³/mol. The van der Waals surface area contributed by atoms with Crippen molar-refractivity contribution in [1.29, 1.82) is 0 Å². The molecule has 10 heteroatoms. The zero-order valence-corrected chi connectivity index (χ0v) is 22.1. The van der Waals surface area contributed by atoms with Crippen LogP contribution in [-0.4, -0.2) is 56.9 Å². The number of nitrogens with zero attached hydrogens (tertiary/aromatic N) is 1. The van der Waals surface area contributed by atoms with Gasteiger partial charge in [-0.25, -0.2) is 13.2 Å². The van der Waals surface area contributed by atoms with Crippen molar-refractivity contribution in [3.05, 3.63) is 83.4 Å². The lowest BCUT2D eigenvalue weighted by molar-refractivity contribution is -0.145. The number of aromatic hydroxyl groups is 1. The fraction of sp³-hybridized carbons (Fsp3) is 0.321. The van der Waals surface area contributed by atoms with E-state index in [0.717, 1.165) is 11.1 Å². The maximum atomic E-state index is 13.7. The van der Waals surface area contributed by atoms with Crippen LogP contribution in [0.25, 0.3) is 0 Å². The molecule has 0 amide bonds. The molecule has 4 rings (SSSR count). The zero-order valence-electron chi connectivity index (χ0n) is 21.3. The van der Waals surface area contributed by atoms with Crippen molar-refractivity contribution >= 4 is 21.7 Å². The van der Waals surface area contributed by atoms with Gasteiger partial charge >= 0.3 is 5.97 Å². The number of aliphatic hydroxyl groups excluding tert-OH is 1. The molecule has 202 valence electrons. The first-order valence-corrected chi connectivity index (χ1v) is 13.8. The summed E-state index contributed by atoms with van der Waals surface area (Å²) in [7, 11) is -3.88. The van der Waals surface area contributed by atoms with E-state index in [1.807, 2.05) is 6.92 Å². The first-order valence-electron chi connectivity index (χ1n) is 12.4. The highest BCUT2D eigenvalue weighted by atomic mass is 32.2. The summed E-state index contributed by atoms with van der Waals surface area (Å²) in [5.74, 6) is 0.0431. The van der Waals surface area contributed by atoms with Gasteiger partial charge in [-0.3, -0.25) is 4.31 Å². The number of phenolic OH excluding ortho intramolecular Hbond substituents is 1. The fourth-order valence-corrected chi connectivity index (χ4v) is 5.87. The molecular formula is C28H32N2O7S. The molecule has 0 saturated heterocycles. The molecule has 38 heavy (non-hydrogen) atoms. The quantitative estimate of drug-likeness (QED) is 0.335. The minimum Gasteiger partial charge on any atom is -0.508 e. The molecule has 1 aliphatic heterocycles. The number of hydrogen-bond donors (Lipinski definition) is 3. The van der Waals surface area contributed by atoms with Gasteiger partial charge in [0.25, 0.3) is 10.0 Å². The van der Waals surface area contributed by atoms with Gasteiger partial charge < -0.3 is 25.0 Å². The molecule has 0 radical (unpaired) electrons. The summed E-state index contributed by atoms with van der Waals surface area (Å²) in [4.78, 5) is 11.9. The summed E-state index contributed by atoms with van der Waals surface area (Å²) in [5.41, 5.74) is 2.84. The maximum Gasteiger partial charge on any atom is 0.344 e. The molecule has 0 bridgehead atoms. The number of aryl methyl sites for hydroxylation is 1. The van der Waals surface area contributed by atoms with E-state index in [0.29, 0.717) is 23.4 Å². The second-order valence-corrected chi connectivity index (χ2v) is 11.0. The molecule has 2 atom stereocenters. The smallest absolute Gasteiger partial charge is 0.344 e. The van der Waals surface area contributed by atoms with Crippen LogP contribution in [0.4, 0.5) is 5.69 Å². The summed E-state index contributed by atoms with van der Waals surface area (Å²) in [6.07, 6.45) is -0.368. The molecule has 3 N–H and O–H groups in total. The van der Waals surface area contributed by atoms with Crippen molar-refractivity contribution in [2.45, 2.75) is 37.3 Å². The third-order valence-electron chi connectivity index (χ3n) is 6.32. The SMILES string of the molecule is CCOC(=O)COc1ccc2c(c1)CC(NC[C@H](O)c1ccc(O)cc1)CN2S(=O)(=O)c1ccc(C)cc1. The summed E-state index contributed by atoms with van der Waals surface area (Å²) in [6, 6.07) is 17.7. The van der Waals surface area contributed by atoms with Crippen molar-refractivity contribution in [3.8, 4) is 11.5 Å². The maximum absolute atomic E-state index is 13.7. The van der Waals surface area contributed by atoms with Crippen molar-refractivity contribution < 1.29 is 32.9 Å². The molecule has 0 fully saturated rings. The molecule has 9 nitrogen and oxygen atoms in total. The van der Waals surface area contributed by atoms with Gasteiger partial charge in [0.2, 0.25) is 0 Å². The third-order valence-corrected chi connectivity index (χ3v) is 8.11. The van der Waals surface area contributed by atoms with Crippen LogP contribution in [0.3, 0.4) is 0 Å². The van der Waals surface area contributed by atoms with Crippen molar-refractivity contribution in [2.75, 3.05) is 30.6 Å². The number of sulfonamides is 1. The number of ether oxygens (including phenoxy) is 2. The van der Waals surface area contributed by atoms with Gasteiger partial charge in [-0.05, 0) is 73.9 Å². The van der Waals surface area contributed by atoms with Crippen LogP contribution in [0.2, 0.25) is 0 Å². The van der Waals surface area contributed by atoms with Crippen LogP contribution >= 0.6 is 0 Å². The summed E-state index contributed by atoms with van der Waals surface area (Å²) < 4.78 is 39.3. The number of carbonyl (C=O) groups is 1. The lowest BCUT2D eigenvalue weighted by atomic mass is 9.98.